The van der Waals surface area contributed by atoms with Crippen LogP contribution in [0.3, 0.4) is 0 Å². The smallest absolute Gasteiger partial charge is 0.330 e. The number of benzene rings is 1. The molecule has 1 aromatic heterocycles. The van der Waals surface area contributed by atoms with Crippen LogP contribution in [0, 0.1) is 6.92 Å². The van der Waals surface area contributed by atoms with Crippen LogP contribution in [0.25, 0.3) is 0 Å². The second-order valence-electron chi connectivity index (χ2n) is 8.61. The number of para-hydroxylation sites is 1. The molecular formula is C22H28N6O2. The Morgan fingerprint density at radius 3 is 2.57 bits per heavy atom. The van der Waals surface area contributed by atoms with Crippen LogP contribution in [-0.2, 0) is 20.6 Å². The van der Waals surface area contributed by atoms with Crippen molar-refractivity contribution in [2.75, 3.05) is 31.5 Å². The lowest BCUT2D eigenvalue weighted by molar-refractivity contribution is 0.0890. The summed E-state index contributed by atoms with van der Waals surface area (Å²) in [6.45, 7) is 5.96. The Bertz CT molecular complexity index is 1150. The van der Waals surface area contributed by atoms with Crippen molar-refractivity contribution in [1.82, 2.24) is 18.9 Å². The van der Waals surface area contributed by atoms with Crippen molar-refractivity contribution < 1.29 is 0 Å². The van der Waals surface area contributed by atoms with Crippen LogP contribution in [-0.4, -0.2) is 56.6 Å². The predicted octanol–water partition coefficient (Wildman–Crippen LogP) is 0.872. The topological polar surface area (TPSA) is 74.9 Å². The zero-order valence-electron chi connectivity index (χ0n) is 17.8. The first kappa shape index (κ1) is 19.1. The molecule has 3 aliphatic rings. The zero-order valence-corrected chi connectivity index (χ0v) is 17.8. The molecule has 0 atom stereocenters. The Kier molecular flexibility index (Phi) is 4.36. The molecular weight excluding hydrogens is 380 g/mol. The Morgan fingerprint density at radius 1 is 1.07 bits per heavy atom. The van der Waals surface area contributed by atoms with Crippen LogP contribution >= 0.6 is 0 Å². The van der Waals surface area contributed by atoms with Crippen molar-refractivity contribution in [2.24, 2.45) is 19.1 Å². The number of anilines is 1. The van der Waals surface area contributed by atoms with E-state index in [9.17, 15) is 9.59 Å². The van der Waals surface area contributed by atoms with E-state index in [0.717, 1.165) is 56.2 Å². The summed E-state index contributed by atoms with van der Waals surface area (Å²) < 4.78 is 2.77. The van der Waals surface area contributed by atoms with E-state index < -0.39 is 0 Å². The van der Waals surface area contributed by atoms with E-state index >= 15 is 0 Å². The van der Waals surface area contributed by atoms with Gasteiger partial charge in [0.1, 0.15) is 11.5 Å². The normalized spacial score (nSPS) is 20.0. The molecule has 0 saturated carbocycles. The van der Waals surface area contributed by atoms with Gasteiger partial charge >= 0.3 is 5.69 Å². The molecule has 3 aliphatic heterocycles. The van der Waals surface area contributed by atoms with Crippen molar-refractivity contribution in [3.8, 4) is 0 Å². The summed E-state index contributed by atoms with van der Waals surface area (Å²) >= 11 is 0. The van der Waals surface area contributed by atoms with Gasteiger partial charge in [-0.05, 0) is 19.1 Å². The molecule has 0 unspecified atom stereocenters. The number of piperidine rings is 1. The van der Waals surface area contributed by atoms with E-state index in [1.54, 1.807) is 18.7 Å². The van der Waals surface area contributed by atoms with E-state index in [-0.39, 0.29) is 16.9 Å². The molecule has 30 heavy (non-hydrogen) atoms. The quantitative estimate of drug-likeness (QED) is 0.798. The van der Waals surface area contributed by atoms with Crippen LogP contribution in [0.5, 0.6) is 0 Å². The maximum absolute atomic E-state index is 12.7. The first-order chi connectivity index (χ1) is 14.4. The first-order valence-electron chi connectivity index (χ1n) is 10.6. The van der Waals surface area contributed by atoms with Gasteiger partial charge in [-0.1, -0.05) is 12.1 Å². The second-order valence-corrected chi connectivity index (χ2v) is 8.61. The van der Waals surface area contributed by atoms with Gasteiger partial charge in [-0.3, -0.25) is 19.3 Å². The molecule has 0 radical (unpaired) electrons. The third-order valence-corrected chi connectivity index (χ3v) is 7.03. The number of nitrogens with one attached hydrogen (secondary N) is 1. The lowest BCUT2D eigenvalue weighted by atomic mass is 9.90. The predicted molar refractivity (Wildman–Crippen MR) is 117 cm³/mol. The maximum Gasteiger partial charge on any atom is 0.330 e. The van der Waals surface area contributed by atoms with Crippen LogP contribution in [0.4, 0.5) is 5.69 Å². The highest BCUT2D eigenvalue weighted by Crippen LogP contribution is 2.39. The van der Waals surface area contributed by atoms with E-state index in [2.05, 4.69) is 39.4 Å². The molecule has 2 aromatic rings. The van der Waals surface area contributed by atoms with Crippen LogP contribution in [0.15, 0.2) is 38.8 Å². The minimum absolute atomic E-state index is 0.121. The summed E-state index contributed by atoms with van der Waals surface area (Å²) in [6, 6.07) is 8.41. The van der Waals surface area contributed by atoms with Gasteiger partial charge < -0.3 is 14.8 Å². The Balaban J connectivity index is 1.39. The molecule has 158 valence electrons. The maximum atomic E-state index is 12.7. The summed E-state index contributed by atoms with van der Waals surface area (Å²) in [7, 11) is 3.28. The lowest BCUT2D eigenvalue weighted by Gasteiger charge is -2.52. The summed E-state index contributed by atoms with van der Waals surface area (Å²) in [4.78, 5) is 34.4. The number of aliphatic imine (C=N–C) groups is 1. The zero-order chi connectivity index (χ0) is 21.0. The number of fused-ring (bicyclic) bond motifs is 4. The SMILES string of the molecule is Cc1c(CN2CCC3(CC2)Nc2ccccc2C2=NCCN23)c(=O)n(C)c(=O)n1C. The molecule has 1 fully saturated rings. The molecule has 0 bridgehead atoms. The van der Waals surface area contributed by atoms with Crippen molar-refractivity contribution >= 4 is 11.5 Å². The van der Waals surface area contributed by atoms with Gasteiger partial charge in [0, 0.05) is 70.1 Å². The number of nitrogens with zero attached hydrogens (tertiary/aromatic N) is 5. The number of hydrogen-bond donors (Lipinski definition) is 1. The molecule has 8 nitrogen and oxygen atoms in total. The van der Waals surface area contributed by atoms with Crippen molar-refractivity contribution in [1.29, 1.82) is 0 Å². The van der Waals surface area contributed by atoms with Gasteiger partial charge in [-0.15, -0.1) is 0 Å². The summed E-state index contributed by atoms with van der Waals surface area (Å²) in [5.41, 5.74) is 3.23. The number of hydrogen-bond acceptors (Lipinski definition) is 6. The van der Waals surface area contributed by atoms with Gasteiger partial charge in [-0.25, -0.2) is 4.79 Å². The first-order valence-corrected chi connectivity index (χ1v) is 10.6. The molecule has 8 heteroatoms. The van der Waals surface area contributed by atoms with Crippen LogP contribution < -0.4 is 16.6 Å². The summed E-state index contributed by atoms with van der Waals surface area (Å²) in [5, 5.41) is 3.82. The fourth-order valence-electron chi connectivity index (χ4n) is 5.10. The number of likely N-dealkylation sites (tertiary alicyclic amines) is 1. The number of amidine groups is 1. The molecule has 1 spiro atoms. The van der Waals surface area contributed by atoms with E-state index in [1.165, 1.54) is 10.1 Å². The number of rotatable bonds is 2. The van der Waals surface area contributed by atoms with Gasteiger partial charge in [0.2, 0.25) is 0 Å². The Labute approximate surface area is 175 Å². The largest absolute Gasteiger partial charge is 0.362 e. The van der Waals surface area contributed by atoms with Gasteiger partial charge in [0.25, 0.3) is 5.56 Å². The van der Waals surface area contributed by atoms with Crippen molar-refractivity contribution in [3.05, 3.63) is 61.9 Å². The summed E-state index contributed by atoms with van der Waals surface area (Å²) in [6.07, 6.45) is 1.90. The molecule has 1 saturated heterocycles. The molecule has 1 N–H and O–H groups in total. The monoisotopic (exact) mass is 408 g/mol. The third-order valence-electron chi connectivity index (χ3n) is 7.03. The van der Waals surface area contributed by atoms with E-state index in [0.29, 0.717) is 12.1 Å². The van der Waals surface area contributed by atoms with Crippen molar-refractivity contribution in [2.45, 2.75) is 32.0 Å². The highest BCUT2D eigenvalue weighted by atomic mass is 16.2. The molecule has 5 rings (SSSR count). The highest BCUT2D eigenvalue weighted by molar-refractivity contribution is 6.06. The Hall–Kier alpha value is -2.87. The Morgan fingerprint density at radius 2 is 1.80 bits per heavy atom. The second kappa shape index (κ2) is 6.84. The van der Waals surface area contributed by atoms with E-state index in [4.69, 9.17) is 4.99 Å². The van der Waals surface area contributed by atoms with E-state index in [1.807, 2.05) is 6.92 Å². The van der Waals surface area contributed by atoms with Gasteiger partial charge in [0.15, 0.2) is 0 Å². The summed E-state index contributed by atoms with van der Waals surface area (Å²) in [5.74, 6) is 1.11. The fourth-order valence-corrected chi connectivity index (χ4v) is 5.10. The fraction of sp³-hybridized carbons (Fsp3) is 0.500. The van der Waals surface area contributed by atoms with Gasteiger partial charge in [-0.2, -0.15) is 0 Å². The average molecular weight is 409 g/mol. The van der Waals surface area contributed by atoms with Crippen LogP contribution in [0.1, 0.15) is 29.7 Å². The van der Waals surface area contributed by atoms with Gasteiger partial charge in [0.05, 0.1) is 12.1 Å². The third kappa shape index (κ3) is 2.74. The minimum atomic E-state index is -0.273. The lowest BCUT2D eigenvalue weighted by Crippen LogP contribution is -2.63. The molecule has 4 heterocycles. The standard InChI is InChI=1S/C22H28N6O2/c1-15-17(20(29)26(3)21(30)25(15)2)14-27-11-8-22(9-12-27)24-18-7-5-4-6-16(18)19-23-10-13-28(19)22/h4-7,24H,8-14H2,1-3H3. The number of aromatic nitrogens is 2. The highest BCUT2D eigenvalue weighted by Gasteiger charge is 2.46. The molecule has 0 amide bonds. The average Bonchev–Trinajstić information content (AvgIpc) is 3.27. The minimum Gasteiger partial charge on any atom is -0.362 e. The molecule has 0 aliphatic carbocycles. The molecule has 1 aromatic carbocycles. The van der Waals surface area contributed by atoms with Crippen molar-refractivity contribution in [3.63, 3.8) is 0 Å². The van der Waals surface area contributed by atoms with Crippen LogP contribution in [0.2, 0.25) is 0 Å².